The molecule has 8 heteroatoms. The number of esters is 1. The van der Waals surface area contributed by atoms with Crippen LogP contribution in [0.15, 0.2) is 58.8 Å². The van der Waals surface area contributed by atoms with E-state index in [1.165, 1.54) is 13.2 Å². The zero-order chi connectivity index (χ0) is 21.1. The first-order chi connectivity index (χ1) is 14.5. The number of benzene rings is 2. The highest BCUT2D eigenvalue weighted by Crippen LogP contribution is 2.35. The number of Topliss-reactive ketones (excluding diaryl/α,β-unsaturated/α-hetero) is 1. The average molecular weight is 426 g/mol. The summed E-state index contributed by atoms with van der Waals surface area (Å²) in [4.78, 5) is 24.7. The fourth-order valence-electron chi connectivity index (χ4n) is 2.88. The SMILES string of the molecule is COc1cc(CCC(=O)Oc2ccc3c(c2)O/C(=C\c2ccccc2Cl)C3=O)on1. The number of aryl methyl sites for hydroxylation is 1. The molecule has 0 atom stereocenters. The Morgan fingerprint density at radius 1 is 1.20 bits per heavy atom. The van der Waals surface area contributed by atoms with E-state index in [-0.39, 0.29) is 23.7 Å². The molecule has 2 aromatic carbocycles. The Morgan fingerprint density at radius 2 is 2.03 bits per heavy atom. The van der Waals surface area contributed by atoms with E-state index in [9.17, 15) is 9.59 Å². The molecule has 0 bridgehead atoms. The molecule has 3 aromatic rings. The van der Waals surface area contributed by atoms with E-state index in [1.54, 1.807) is 42.5 Å². The molecule has 0 saturated heterocycles. The number of methoxy groups -OCH3 is 1. The summed E-state index contributed by atoms with van der Waals surface area (Å²) < 4.78 is 21.0. The Bertz CT molecular complexity index is 1150. The number of nitrogens with zero attached hydrogens (tertiary/aromatic N) is 1. The number of fused-ring (bicyclic) bond motifs is 1. The summed E-state index contributed by atoms with van der Waals surface area (Å²) in [6.07, 6.45) is 1.99. The van der Waals surface area contributed by atoms with Crippen LogP contribution >= 0.6 is 11.6 Å². The highest BCUT2D eigenvalue weighted by atomic mass is 35.5. The van der Waals surface area contributed by atoms with Gasteiger partial charge in [0, 0.05) is 23.6 Å². The van der Waals surface area contributed by atoms with E-state index in [0.717, 1.165) is 0 Å². The lowest BCUT2D eigenvalue weighted by Gasteiger charge is -2.05. The second-order valence-corrected chi connectivity index (χ2v) is 6.84. The van der Waals surface area contributed by atoms with E-state index < -0.39 is 5.97 Å². The standard InChI is InChI=1S/C22H16ClNO6/c1-27-20-12-15(30-24-20)7-9-21(25)28-14-6-8-16-18(11-14)29-19(22(16)26)10-13-4-2-3-5-17(13)23/h2-6,8,10-12H,7,9H2,1H3/b19-10-. The monoisotopic (exact) mass is 425 g/mol. The lowest BCUT2D eigenvalue weighted by atomic mass is 10.1. The van der Waals surface area contributed by atoms with Gasteiger partial charge in [0.25, 0.3) is 5.88 Å². The van der Waals surface area contributed by atoms with Crippen LogP contribution in [0.4, 0.5) is 0 Å². The molecule has 0 unspecified atom stereocenters. The van der Waals surface area contributed by atoms with Crippen molar-refractivity contribution in [3.05, 3.63) is 76.2 Å². The summed E-state index contributed by atoms with van der Waals surface area (Å²) in [5, 5.41) is 4.18. The molecule has 4 rings (SSSR count). The predicted molar refractivity (Wildman–Crippen MR) is 108 cm³/mol. The molecule has 0 amide bonds. The summed E-state index contributed by atoms with van der Waals surface area (Å²) in [6.45, 7) is 0. The molecule has 30 heavy (non-hydrogen) atoms. The number of carbonyl (C=O) groups excluding carboxylic acids is 2. The molecule has 1 aliphatic rings. The smallest absolute Gasteiger partial charge is 0.311 e. The van der Waals surface area contributed by atoms with Crippen LogP contribution in [0.25, 0.3) is 6.08 Å². The second kappa shape index (κ2) is 8.42. The Labute approximate surface area is 176 Å². The highest BCUT2D eigenvalue weighted by molar-refractivity contribution is 6.32. The molecular weight excluding hydrogens is 410 g/mol. The molecule has 0 spiro atoms. The number of ether oxygens (including phenoxy) is 3. The lowest BCUT2D eigenvalue weighted by molar-refractivity contribution is -0.134. The topological polar surface area (TPSA) is 87.9 Å². The highest BCUT2D eigenvalue weighted by Gasteiger charge is 2.28. The Kier molecular flexibility index (Phi) is 5.54. The van der Waals surface area contributed by atoms with Gasteiger partial charge in [0.15, 0.2) is 5.76 Å². The van der Waals surface area contributed by atoms with Gasteiger partial charge in [-0.05, 0) is 35.0 Å². The summed E-state index contributed by atoms with van der Waals surface area (Å²) in [7, 11) is 1.48. The molecule has 0 N–H and O–H groups in total. The molecule has 2 heterocycles. The first-order valence-electron chi connectivity index (χ1n) is 9.06. The van der Waals surface area contributed by atoms with Crippen LogP contribution in [0.5, 0.6) is 17.4 Å². The maximum absolute atomic E-state index is 12.6. The van der Waals surface area contributed by atoms with Gasteiger partial charge in [-0.25, -0.2) is 0 Å². The Morgan fingerprint density at radius 3 is 2.80 bits per heavy atom. The number of carbonyl (C=O) groups is 2. The minimum absolute atomic E-state index is 0.0902. The van der Waals surface area contributed by atoms with Crippen LogP contribution in [0.3, 0.4) is 0 Å². The van der Waals surface area contributed by atoms with Crippen molar-refractivity contribution in [2.45, 2.75) is 12.8 Å². The Hall–Kier alpha value is -3.58. The molecule has 1 aromatic heterocycles. The van der Waals surface area contributed by atoms with Crippen molar-refractivity contribution in [2.24, 2.45) is 0 Å². The normalized spacial score (nSPS) is 13.8. The number of aromatic nitrogens is 1. The first-order valence-corrected chi connectivity index (χ1v) is 9.44. The van der Waals surface area contributed by atoms with Crippen molar-refractivity contribution in [3.8, 4) is 17.4 Å². The molecule has 7 nitrogen and oxygen atoms in total. The minimum atomic E-state index is -0.457. The van der Waals surface area contributed by atoms with Gasteiger partial charge >= 0.3 is 5.97 Å². The average Bonchev–Trinajstić information content (AvgIpc) is 3.32. The van der Waals surface area contributed by atoms with Gasteiger partial charge in [0.2, 0.25) is 5.78 Å². The summed E-state index contributed by atoms with van der Waals surface area (Å²) in [5.74, 6) is 0.897. The van der Waals surface area contributed by atoms with Crippen LogP contribution < -0.4 is 14.2 Å². The van der Waals surface area contributed by atoms with E-state index in [1.807, 2.05) is 6.07 Å². The van der Waals surface area contributed by atoms with Crippen molar-refractivity contribution in [1.29, 1.82) is 0 Å². The fourth-order valence-corrected chi connectivity index (χ4v) is 3.07. The predicted octanol–water partition coefficient (Wildman–Crippen LogP) is 4.49. The fraction of sp³-hybridized carbons (Fsp3) is 0.136. The number of rotatable bonds is 6. The molecule has 152 valence electrons. The van der Waals surface area contributed by atoms with Crippen molar-refractivity contribution in [2.75, 3.05) is 7.11 Å². The number of hydrogen-bond donors (Lipinski definition) is 0. The van der Waals surface area contributed by atoms with E-state index in [2.05, 4.69) is 5.16 Å². The van der Waals surface area contributed by atoms with Gasteiger partial charge in [-0.2, -0.15) is 0 Å². The lowest BCUT2D eigenvalue weighted by Crippen LogP contribution is -2.08. The molecule has 0 saturated carbocycles. The minimum Gasteiger partial charge on any atom is -0.479 e. The van der Waals surface area contributed by atoms with Crippen molar-refractivity contribution < 1.29 is 28.3 Å². The summed E-state index contributed by atoms with van der Waals surface area (Å²) in [5.41, 5.74) is 1.06. The zero-order valence-corrected chi connectivity index (χ0v) is 16.6. The van der Waals surface area contributed by atoms with Crippen LogP contribution in [0.2, 0.25) is 5.02 Å². The van der Waals surface area contributed by atoms with E-state index >= 15 is 0 Å². The van der Waals surface area contributed by atoms with E-state index in [4.69, 9.17) is 30.3 Å². The number of hydrogen-bond acceptors (Lipinski definition) is 7. The van der Waals surface area contributed by atoms with Gasteiger partial charge in [-0.3, -0.25) is 9.59 Å². The largest absolute Gasteiger partial charge is 0.479 e. The molecule has 0 radical (unpaired) electrons. The number of allylic oxidation sites excluding steroid dienone is 1. The van der Waals surface area contributed by atoms with Gasteiger partial charge in [-0.1, -0.05) is 29.8 Å². The van der Waals surface area contributed by atoms with Crippen LogP contribution in [-0.2, 0) is 11.2 Å². The van der Waals surface area contributed by atoms with Crippen LogP contribution in [0.1, 0.15) is 28.1 Å². The third-order valence-corrected chi connectivity index (χ3v) is 4.73. The van der Waals surface area contributed by atoms with Gasteiger partial charge in [0.1, 0.15) is 17.3 Å². The summed E-state index contributed by atoms with van der Waals surface area (Å²) >= 11 is 6.14. The zero-order valence-electron chi connectivity index (χ0n) is 15.9. The van der Waals surface area contributed by atoms with E-state index in [0.29, 0.717) is 40.0 Å². The molecule has 0 fully saturated rings. The van der Waals surface area contributed by atoms with Crippen molar-refractivity contribution in [1.82, 2.24) is 5.16 Å². The summed E-state index contributed by atoms with van der Waals surface area (Å²) in [6, 6.07) is 13.4. The van der Waals surface area contributed by atoms with Crippen molar-refractivity contribution in [3.63, 3.8) is 0 Å². The van der Waals surface area contributed by atoms with Crippen molar-refractivity contribution >= 4 is 29.4 Å². The Balaban J connectivity index is 1.42. The first kappa shape index (κ1) is 19.7. The van der Waals surface area contributed by atoms with Gasteiger partial charge < -0.3 is 18.7 Å². The molecular formula is C22H16ClNO6. The van der Waals surface area contributed by atoms with Gasteiger partial charge in [0.05, 0.1) is 19.1 Å². The second-order valence-electron chi connectivity index (χ2n) is 6.43. The number of halogens is 1. The molecule has 0 aliphatic carbocycles. The third-order valence-electron chi connectivity index (χ3n) is 4.39. The van der Waals surface area contributed by atoms with Crippen LogP contribution in [-0.4, -0.2) is 24.0 Å². The third kappa shape index (κ3) is 4.21. The van der Waals surface area contributed by atoms with Gasteiger partial charge in [-0.15, -0.1) is 0 Å². The maximum atomic E-state index is 12.6. The maximum Gasteiger partial charge on any atom is 0.311 e. The molecule has 1 aliphatic heterocycles. The number of ketones is 1. The van der Waals surface area contributed by atoms with Crippen LogP contribution in [0, 0.1) is 0 Å². The quantitative estimate of drug-likeness (QED) is 0.326.